The van der Waals surface area contributed by atoms with Crippen LogP contribution in [0.5, 0.6) is 0 Å². The average Bonchev–Trinajstić information content (AvgIpc) is 3.06. The molecule has 0 saturated carbocycles. The molecule has 3 N–H and O–H groups in total. The van der Waals surface area contributed by atoms with E-state index in [-0.39, 0.29) is 17.0 Å². The number of nitrogens with two attached hydrogens (primary N) is 1. The van der Waals surface area contributed by atoms with Crippen LogP contribution in [0.1, 0.15) is 22.2 Å². The second-order valence-corrected chi connectivity index (χ2v) is 7.68. The van der Waals surface area contributed by atoms with E-state index in [1.54, 1.807) is 0 Å². The molecule has 0 aliphatic carbocycles. The minimum absolute atomic E-state index is 0.0158. The second-order valence-electron chi connectivity index (χ2n) is 4.88. The Morgan fingerprint density at radius 1 is 1.29 bits per heavy atom. The van der Waals surface area contributed by atoms with Gasteiger partial charge in [-0.1, -0.05) is 12.1 Å². The first-order valence-corrected chi connectivity index (χ1v) is 9.28. The molecule has 7 nitrogen and oxygen atoms in total. The Balaban J connectivity index is 2.13. The lowest BCUT2D eigenvalue weighted by atomic mass is 10.2. The molecule has 0 radical (unpaired) electrons. The molecule has 1 atom stereocenters. The van der Waals surface area contributed by atoms with Gasteiger partial charge in [0.2, 0.25) is 10.0 Å². The number of carbonyl (C=O) groups is 2. The van der Waals surface area contributed by atoms with E-state index in [2.05, 4.69) is 4.72 Å². The fourth-order valence-electron chi connectivity index (χ4n) is 1.74. The van der Waals surface area contributed by atoms with Crippen LogP contribution in [0.2, 0.25) is 0 Å². The molecule has 2 aromatic rings. The average molecular weight is 368 g/mol. The Hall–Kier alpha value is -2.23. The number of benzene rings is 1. The zero-order valence-corrected chi connectivity index (χ0v) is 14.4. The van der Waals surface area contributed by atoms with Crippen LogP contribution in [0.4, 0.5) is 0 Å². The lowest BCUT2D eigenvalue weighted by Gasteiger charge is -2.11. The van der Waals surface area contributed by atoms with E-state index in [4.69, 9.17) is 10.5 Å². The zero-order valence-electron chi connectivity index (χ0n) is 12.8. The summed E-state index contributed by atoms with van der Waals surface area (Å²) in [6, 6.07) is 9.01. The molecule has 0 aliphatic heterocycles. The Bertz CT molecular complexity index is 831. The summed E-state index contributed by atoms with van der Waals surface area (Å²) >= 11 is 1.43. The lowest BCUT2D eigenvalue weighted by Crippen LogP contribution is -2.30. The molecule has 0 bridgehead atoms. The number of hydrogen-bond acceptors (Lipinski definition) is 6. The number of ether oxygens (including phenoxy) is 1. The highest BCUT2D eigenvalue weighted by molar-refractivity contribution is 7.89. The smallest absolute Gasteiger partial charge is 0.338 e. The van der Waals surface area contributed by atoms with Gasteiger partial charge < -0.3 is 10.5 Å². The third-order valence-electron chi connectivity index (χ3n) is 3.08. The van der Waals surface area contributed by atoms with Gasteiger partial charge in [0.05, 0.1) is 10.5 Å². The van der Waals surface area contributed by atoms with Crippen molar-refractivity contribution in [2.45, 2.75) is 24.5 Å². The Morgan fingerprint density at radius 3 is 2.67 bits per heavy atom. The van der Waals surface area contributed by atoms with E-state index in [1.165, 1.54) is 42.5 Å². The van der Waals surface area contributed by atoms with Gasteiger partial charge in [-0.05, 0) is 36.6 Å². The molecule has 0 saturated heterocycles. The van der Waals surface area contributed by atoms with Crippen molar-refractivity contribution in [3.05, 3.63) is 52.2 Å². The first-order chi connectivity index (χ1) is 11.3. The molecule has 0 fully saturated rings. The van der Waals surface area contributed by atoms with Crippen LogP contribution in [0.15, 0.2) is 46.7 Å². The van der Waals surface area contributed by atoms with E-state index in [9.17, 15) is 18.0 Å². The van der Waals surface area contributed by atoms with Crippen LogP contribution >= 0.6 is 11.3 Å². The van der Waals surface area contributed by atoms with Crippen LogP contribution < -0.4 is 10.5 Å². The first kappa shape index (κ1) is 18.1. The van der Waals surface area contributed by atoms with E-state index in [0.717, 1.165) is 4.88 Å². The molecule has 2 rings (SSSR count). The van der Waals surface area contributed by atoms with Crippen LogP contribution in [-0.4, -0.2) is 26.4 Å². The van der Waals surface area contributed by atoms with Gasteiger partial charge in [0, 0.05) is 11.4 Å². The van der Waals surface area contributed by atoms with Crippen molar-refractivity contribution in [3.8, 4) is 0 Å². The minimum Gasteiger partial charge on any atom is -0.449 e. The topological polar surface area (TPSA) is 116 Å². The molecule has 1 aromatic carbocycles. The molecular formula is C15H16N2O5S2. The van der Waals surface area contributed by atoms with E-state index in [0.29, 0.717) is 0 Å². The third-order valence-corrected chi connectivity index (χ3v) is 5.36. The summed E-state index contributed by atoms with van der Waals surface area (Å²) in [6.45, 7) is 1.50. The molecule has 1 aromatic heterocycles. The summed E-state index contributed by atoms with van der Waals surface area (Å²) in [4.78, 5) is 23.7. The van der Waals surface area contributed by atoms with Crippen molar-refractivity contribution in [2.75, 3.05) is 0 Å². The Kier molecular flexibility index (Phi) is 5.71. The molecule has 24 heavy (non-hydrogen) atoms. The summed E-state index contributed by atoms with van der Waals surface area (Å²) in [5, 5.41) is 1.85. The van der Waals surface area contributed by atoms with Crippen molar-refractivity contribution in [3.63, 3.8) is 0 Å². The summed E-state index contributed by atoms with van der Waals surface area (Å²) in [5.41, 5.74) is 5.04. The number of amides is 1. The zero-order chi connectivity index (χ0) is 17.7. The number of primary amides is 1. The van der Waals surface area contributed by atoms with Gasteiger partial charge in [-0.2, -0.15) is 0 Å². The largest absolute Gasteiger partial charge is 0.449 e. The molecule has 0 aliphatic rings. The third kappa shape index (κ3) is 4.63. The normalized spacial score (nSPS) is 12.5. The summed E-state index contributed by atoms with van der Waals surface area (Å²) in [7, 11) is -3.78. The van der Waals surface area contributed by atoms with Gasteiger partial charge in [-0.3, -0.25) is 4.79 Å². The fourth-order valence-corrected chi connectivity index (χ4v) is 3.53. The van der Waals surface area contributed by atoms with Gasteiger partial charge >= 0.3 is 5.97 Å². The number of carbonyl (C=O) groups excluding carboxylic acids is 2. The lowest BCUT2D eigenvalue weighted by molar-refractivity contribution is -0.125. The van der Waals surface area contributed by atoms with Crippen molar-refractivity contribution < 1.29 is 22.7 Å². The maximum absolute atomic E-state index is 12.3. The van der Waals surface area contributed by atoms with Gasteiger partial charge in [-0.25, -0.2) is 17.9 Å². The van der Waals surface area contributed by atoms with Gasteiger partial charge in [0.1, 0.15) is 0 Å². The molecule has 128 valence electrons. The SMILES string of the molecule is C[C@@H](OC(=O)c1cccc(S(=O)(=O)NCc2cccs2)c1)C(N)=O. The van der Waals surface area contributed by atoms with Crippen LogP contribution in [0.3, 0.4) is 0 Å². The highest BCUT2D eigenvalue weighted by Gasteiger charge is 2.19. The second kappa shape index (κ2) is 7.56. The van der Waals surface area contributed by atoms with Gasteiger partial charge in [0.25, 0.3) is 5.91 Å². The van der Waals surface area contributed by atoms with Crippen molar-refractivity contribution in [1.29, 1.82) is 0 Å². The maximum atomic E-state index is 12.3. The van der Waals surface area contributed by atoms with Gasteiger partial charge in [-0.15, -0.1) is 11.3 Å². The number of hydrogen-bond donors (Lipinski definition) is 2. The quantitative estimate of drug-likeness (QED) is 0.714. The number of sulfonamides is 1. The van der Waals surface area contributed by atoms with E-state index >= 15 is 0 Å². The molecule has 0 spiro atoms. The van der Waals surface area contributed by atoms with Crippen LogP contribution in [0.25, 0.3) is 0 Å². The summed E-state index contributed by atoms with van der Waals surface area (Å²) in [6.07, 6.45) is -1.10. The molecule has 1 heterocycles. The summed E-state index contributed by atoms with van der Waals surface area (Å²) in [5.74, 6) is -1.61. The predicted molar refractivity (Wildman–Crippen MR) is 88.9 cm³/mol. The van der Waals surface area contributed by atoms with Crippen molar-refractivity contribution in [1.82, 2.24) is 4.72 Å². The molecule has 9 heteroatoms. The van der Waals surface area contributed by atoms with E-state index in [1.807, 2.05) is 17.5 Å². The first-order valence-electron chi connectivity index (χ1n) is 6.92. The van der Waals surface area contributed by atoms with E-state index < -0.39 is 28.0 Å². The maximum Gasteiger partial charge on any atom is 0.338 e. The molecule has 0 unspecified atom stereocenters. The number of esters is 1. The van der Waals surface area contributed by atoms with Crippen LogP contribution in [0, 0.1) is 0 Å². The number of thiophene rings is 1. The summed E-state index contributed by atoms with van der Waals surface area (Å²) < 4.78 is 31.9. The number of rotatable bonds is 7. The van der Waals surface area contributed by atoms with Crippen molar-refractivity contribution in [2.24, 2.45) is 5.73 Å². The molecule has 1 amide bonds. The Labute approximate surface area is 143 Å². The highest BCUT2D eigenvalue weighted by Crippen LogP contribution is 2.15. The predicted octanol–water partition coefficient (Wildman–Crippen LogP) is 1.26. The monoisotopic (exact) mass is 368 g/mol. The number of nitrogens with one attached hydrogen (secondary N) is 1. The molecular weight excluding hydrogens is 352 g/mol. The van der Waals surface area contributed by atoms with Crippen LogP contribution in [-0.2, 0) is 26.1 Å². The Morgan fingerprint density at radius 2 is 2.04 bits per heavy atom. The fraction of sp³-hybridized carbons (Fsp3) is 0.200. The van der Waals surface area contributed by atoms with Crippen molar-refractivity contribution >= 4 is 33.2 Å². The highest BCUT2D eigenvalue weighted by atomic mass is 32.2. The van der Waals surface area contributed by atoms with Gasteiger partial charge in [0.15, 0.2) is 6.10 Å². The minimum atomic E-state index is -3.78. The standard InChI is InChI=1S/C15H16N2O5S2/c1-10(14(16)18)22-15(19)11-4-2-6-13(8-11)24(20,21)17-9-12-5-3-7-23-12/h2-8,10,17H,9H2,1H3,(H2,16,18)/t10-/m1/s1.